The number of halogens is 1. The Bertz CT molecular complexity index is 457. The maximum atomic E-state index is 3.87. The fraction of sp³-hybridized carbons (Fsp3) is 0.133. The molecule has 0 amide bonds. The molecule has 0 aromatic heterocycles. The molecule has 1 radical (unpaired) electrons. The molecule has 81 valence electrons. The molecular formula is C15H14Br. The van der Waals surface area contributed by atoms with Crippen molar-refractivity contribution in [2.24, 2.45) is 0 Å². The minimum Gasteiger partial charge on any atom is -0.0605 e. The summed E-state index contributed by atoms with van der Waals surface area (Å²) in [5.74, 6) is 0. The number of aryl methyl sites for hydroxylation is 1. The highest BCUT2D eigenvalue weighted by molar-refractivity contribution is 9.10. The van der Waals surface area contributed by atoms with E-state index < -0.39 is 0 Å². The molecule has 16 heavy (non-hydrogen) atoms. The van der Waals surface area contributed by atoms with Gasteiger partial charge in [0.1, 0.15) is 0 Å². The third kappa shape index (κ3) is 2.73. The molecule has 0 atom stereocenters. The van der Waals surface area contributed by atoms with Crippen LogP contribution in [-0.2, 0) is 6.42 Å². The summed E-state index contributed by atoms with van der Waals surface area (Å²) in [4.78, 5) is 0. The second kappa shape index (κ2) is 5.31. The van der Waals surface area contributed by atoms with E-state index in [0.29, 0.717) is 0 Å². The lowest BCUT2D eigenvalue weighted by Crippen LogP contribution is -1.83. The smallest absolute Gasteiger partial charge is 0.0181 e. The Morgan fingerprint density at radius 2 is 1.69 bits per heavy atom. The lowest BCUT2D eigenvalue weighted by molar-refractivity contribution is 1.000. The van der Waals surface area contributed by atoms with Crippen LogP contribution in [0.25, 0.3) is 11.1 Å². The number of rotatable bonds is 3. The van der Waals surface area contributed by atoms with Crippen LogP contribution in [0.4, 0.5) is 0 Å². The highest BCUT2D eigenvalue weighted by atomic mass is 79.9. The first-order valence-corrected chi connectivity index (χ1v) is 6.23. The maximum absolute atomic E-state index is 3.87. The van der Waals surface area contributed by atoms with Crippen molar-refractivity contribution in [3.63, 3.8) is 0 Å². The van der Waals surface area contributed by atoms with Gasteiger partial charge in [-0.3, -0.25) is 0 Å². The van der Waals surface area contributed by atoms with Gasteiger partial charge in [0.2, 0.25) is 0 Å². The third-order valence-electron chi connectivity index (χ3n) is 2.58. The van der Waals surface area contributed by atoms with Crippen molar-refractivity contribution in [1.29, 1.82) is 0 Å². The van der Waals surface area contributed by atoms with Crippen LogP contribution >= 0.6 is 15.9 Å². The average molecular weight is 274 g/mol. The van der Waals surface area contributed by atoms with Gasteiger partial charge in [-0.1, -0.05) is 59.3 Å². The van der Waals surface area contributed by atoms with Gasteiger partial charge in [-0.2, -0.15) is 0 Å². The van der Waals surface area contributed by atoms with Gasteiger partial charge in [-0.05, 0) is 41.7 Å². The van der Waals surface area contributed by atoms with Crippen molar-refractivity contribution >= 4 is 15.9 Å². The molecule has 0 saturated heterocycles. The molecule has 0 heterocycles. The molecule has 2 aromatic carbocycles. The van der Waals surface area contributed by atoms with Crippen LogP contribution in [0.5, 0.6) is 0 Å². The first-order chi connectivity index (χ1) is 7.79. The summed E-state index contributed by atoms with van der Waals surface area (Å²) in [7, 11) is 0. The largest absolute Gasteiger partial charge is 0.0605 e. The molecule has 0 bridgehead atoms. The van der Waals surface area contributed by atoms with E-state index in [1.54, 1.807) is 0 Å². The fourth-order valence-corrected chi connectivity index (χ4v) is 2.14. The maximum Gasteiger partial charge on any atom is 0.0181 e. The summed E-state index contributed by atoms with van der Waals surface area (Å²) in [6.07, 6.45) is 2.01. The van der Waals surface area contributed by atoms with Crippen LogP contribution in [0.1, 0.15) is 12.0 Å². The van der Waals surface area contributed by atoms with Gasteiger partial charge < -0.3 is 0 Å². The average Bonchev–Trinajstić information content (AvgIpc) is 2.30. The van der Waals surface area contributed by atoms with Crippen LogP contribution in [0.2, 0.25) is 0 Å². The summed E-state index contributed by atoms with van der Waals surface area (Å²) in [5, 5.41) is 0. The van der Waals surface area contributed by atoms with Crippen LogP contribution in [0.15, 0.2) is 53.0 Å². The molecule has 0 saturated carbocycles. The number of hydrogen-bond acceptors (Lipinski definition) is 0. The number of hydrogen-bond donors (Lipinski definition) is 0. The van der Waals surface area contributed by atoms with Gasteiger partial charge in [-0.25, -0.2) is 0 Å². The Morgan fingerprint density at radius 3 is 2.31 bits per heavy atom. The highest BCUT2D eigenvalue weighted by Crippen LogP contribution is 2.23. The topological polar surface area (TPSA) is 0 Å². The van der Waals surface area contributed by atoms with E-state index in [1.807, 2.05) is 6.07 Å². The minimum atomic E-state index is 0.955. The molecule has 0 N–H and O–H groups in total. The van der Waals surface area contributed by atoms with E-state index in [0.717, 1.165) is 17.3 Å². The predicted octanol–water partition coefficient (Wildman–Crippen LogP) is 4.88. The third-order valence-corrected chi connectivity index (χ3v) is 3.07. The Balaban J connectivity index is 2.27. The van der Waals surface area contributed by atoms with E-state index in [2.05, 4.69) is 65.3 Å². The van der Waals surface area contributed by atoms with Crippen molar-refractivity contribution in [1.82, 2.24) is 0 Å². The summed E-state index contributed by atoms with van der Waals surface area (Å²) >= 11 is 3.49. The molecule has 0 spiro atoms. The first-order valence-electron chi connectivity index (χ1n) is 5.44. The number of benzene rings is 2. The molecule has 0 aliphatic rings. The molecule has 2 aromatic rings. The molecule has 0 nitrogen and oxygen atoms in total. The van der Waals surface area contributed by atoms with Crippen molar-refractivity contribution in [2.45, 2.75) is 12.8 Å². The van der Waals surface area contributed by atoms with Gasteiger partial charge in [0.05, 0.1) is 0 Å². The minimum absolute atomic E-state index is 0.955. The molecule has 2 rings (SSSR count). The normalized spacial score (nSPS) is 10.4. The summed E-state index contributed by atoms with van der Waals surface area (Å²) in [6, 6.07) is 17.1. The predicted molar refractivity (Wildman–Crippen MR) is 73.3 cm³/mol. The van der Waals surface area contributed by atoms with Gasteiger partial charge in [0.15, 0.2) is 0 Å². The standard InChI is InChI=1S/C15H14Br/c1-2-4-12-7-9-13(10-8-12)14-5-3-6-15(16)11-14/h3,5-11H,1-2,4H2. The Kier molecular flexibility index (Phi) is 3.79. The van der Waals surface area contributed by atoms with Crippen molar-refractivity contribution in [3.05, 3.63) is 65.5 Å². The molecular weight excluding hydrogens is 260 g/mol. The lowest BCUT2D eigenvalue weighted by Gasteiger charge is -2.04. The highest BCUT2D eigenvalue weighted by Gasteiger charge is 1.98. The Morgan fingerprint density at radius 1 is 0.938 bits per heavy atom. The van der Waals surface area contributed by atoms with E-state index in [-0.39, 0.29) is 0 Å². The molecule has 1 heteroatoms. The molecule has 0 unspecified atom stereocenters. The van der Waals surface area contributed by atoms with Gasteiger partial charge >= 0.3 is 0 Å². The Labute approximate surface area is 105 Å². The van der Waals surface area contributed by atoms with Crippen LogP contribution in [0, 0.1) is 6.92 Å². The second-order valence-electron chi connectivity index (χ2n) is 3.81. The second-order valence-corrected chi connectivity index (χ2v) is 4.73. The zero-order chi connectivity index (χ0) is 11.4. The monoisotopic (exact) mass is 273 g/mol. The fourth-order valence-electron chi connectivity index (χ4n) is 1.74. The summed E-state index contributed by atoms with van der Waals surface area (Å²) in [6.45, 7) is 3.87. The Hall–Kier alpha value is -1.08. The van der Waals surface area contributed by atoms with E-state index in [9.17, 15) is 0 Å². The van der Waals surface area contributed by atoms with Gasteiger partial charge in [0.25, 0.3) is 0 Å². The van der Waals surface area contributed by atoms with Crippen LogP contribution in [-0.4, -0.2) is 0 Å². The van der Waals surface area contributed by atoms with E-state index in [1.165, 1.54) is 16.7 Å². The zero-order valence-electron chi connectivity index (χ0n) is 9.12. The van der Waals surface area contributed by atoms with E-state index >= 15 is 0 Å². The van der Waals surface area contributed by atoms with Gasteiger partial charge in [-0.15, -0.1) is 0 Å². The SMILES string of the molecule is [CH2]CCc1ccc(-c2cccc(Br)c2)cc1. The van der Waals surface area contributed by atoms with Crippen molar-refractivity contribution in [3.8, 4) is 11.1 Å². The molecule has 0 fully saturated rings. The van der Waals surface area contributed by atoms with Crippen LogP contribution in [0.3, 0.4) is 0 Å². The molecule has 0 aliphatic carbocycles. The lowest BCUT2D eigenvalue weighted by atomic mass is 10.0. The van der Waals surface area contributed by atoms with Crippen LogP contribution < -0.4 is 0 Å². The molecule has 0 aliphatic heterocycles. The van der Waals surface area contributed by atoms with Crippen molar-refractivity contribution in [2.75, 3.05) is 0 Å². The summed E-state index contributed by atoms with van der Waals surface area (Å²) < 4.78 is 1.12. The first kappa shape index (κ1) is 11.4. The summed E-state index contributed by atoms with van der Waals surface area (Å²) in [5.41, 5.74) is 3.86. The van der Waals surface area contributed by atoms with Crippen molar-refractivity contribution < 1.29 is 0 Å². The quantitative estimate of drug-likeness (QED) is 0.748. The van der Waals surface area contributed by atoms with Gasteiger partial charge in [0, 0.05) is 4.47 Å². The zero-order valence-corrected chi connectivity index (χ0v) is 10.7. The van der Waals surface area contributed by atoms with E-state index in [4.69, 9.17) is 0 Å².